The molecule has 1 fully saturated rings. The van der Waals surface area contributed by atoms with Gasteiger partial charge in [0.05, 0.1) is 14.2 Å². The zero-order valence-electron chi connectivity index (χ0n) is 17.1. The van der Waals surface area contributed by atoms with E-state index < -0.39 is 0 Å². The lowest BCUT2D eigenvalue weighted by Crippen LogP contribution is -2.47. The van der Waals surface area contributed by atoms with Gasteiger partial charge in [-0.15, -0.1) is 0 Å². The fourth-order valence-electron chi connectivity index (χ4n) is 5.64. The molecule has 0 spiro atoms. The van der Waals surface area contributed by atoms with Gasteiger partial charge in [0, 0.05) is 17.2 Å². The van der Waals surface area contributed by atoms with E-state index in [2.05, 4.69) is 27.7 Å². The summed E-state index contributed by atoms with van der Waals surface area (Å²) in [7, 11) is 3.24. The fraction of sp³-hybridized carbons (Fsp3) is 0.609. The number of fused-ring (bicyclic) bond motifs is 1. The zero-order valence-corrected chi connectivity index (χ0v) is 17.1. The standard InChI is InChI=1S/C23H32O3/c1-15-8-9-19-22(2,3)10-7-11-23(19,4)20(15)21(24)16-12-17(25-5)14-18(13-16)26-6/h12-14,19H,7-11H2,1-6H3. The second kappa shape index (κ2) is 6.75. The Morgan fingerprint density at radius 1 is 1.04 bits per heavy atom. The molecular formula is C23H32O3. The van der Waals surface area contributed by atoms with E-state index in [9.17, 15) is 4.79 Å². The first-order valence-corrected chi connectivity index (χ1v) is 9.71. The van der Waals surface area contributed by atoms with E-state index in [4.69, 9.17) is 9.47 Å². The third-order valence-corrected chi connectivity index (χ3v) is 6.88. The van der Waals surface area contributed by atoms with Crippen LogP contribution in [0.1, 0.15) is 70.2 Å². The Balaban J connectivity index is 2.08. The summed E-state index contributed by atoms with van der Waals surface area (Å²) in [6.45, 7) is 9.23. The van der Waals surface area contributed by atoms with Crippen molar-refractivity contribution in [3.8, 4) is 11.5 Å². The Bertz CT molecular complexity index is 722. The molecule has 1 saturated carbocycles. The Morgan fingerprint density at radius 2 is 1.65 bits per heavy atom. The largest absolute Gasteiger partial charge is 0.497 e. The first-order valence-electron chi connectivity index (χ1n) is 9.71. The summed E-state index contributed by atoms with van der Waals surface area (Å²) in [6.07, 6.45) is 5.74. The minimum Gasteiger partial charge on any atom is -0.497 e. The lowest BCUT2D eigenvalue weighted by atomic mass is 9.49. The van der Waals surface area contributed by atoms with Gasteiger partial charge >= 0.3 is 0 Å². The third-order valence-electron chi connectivity index (χ3n) is 6.88. The summed E-state index contributed by atoms with van der Waals surface area (Å²) in [5.41, 5.74) is 3.20. The van der Waals surface area contributed by atoms with Gasteiger partial charge in [-0.2, -0.15) is 0 Å². The lowest BCUT2D eigenvalue weighted by molar-refractivity contribution is 0.0121. The van der Waals surface area contributed by atoms with Crippen molar-refractivity contribution in [2.24, 2.45) is 16.7 Å². The highest BCUT2D eigenvalue weighted by atomic mass is 16.5. The number of methoxy groups -OCH3 is 2. The monoisotopic (exact) mass is 356 g/mol. The van der Waals surface area contributed by atoms with Crippen LogP contribution in [0.25, 0.3) is 0 Å². The van der Waals surface area contributed by atoms with Gasteiger partial charge in [0.15, 0.2) is 5.78 Å². The Kier molecular flexibility index (Phi) is 4.94. The van der Waals surface area contributed by atoms with Crippen molar-refractivity contribution < 1.29 is 14.3 Å². The maximum atomic E-state index is 13.6. The van der Waals surface area contributed by atoms with E-state index in [1.54, 1.807) is 14.2 Å². The highest BCUT2D eigenvalue weighted by molar-refractivity contribution is 6.10. The zero-order chi connectivity index (χ0) is 19.1. The number of hydrogen-bond donors (Lipinski definition) is 0. The summed E-state index contributed by atoms with van der Waals surface area (Å²) in [5, 5.41) is 0. The van der Waals surface area contributed by atoms with Crippen molar-refractivity contribution in [1.82, 2.24) is 0 Å². The van der Waals surface area contributed by atoms with Gasteiger partial charge < -0.3 is 9.47 Å². The molecule has 0 radical (unpaired) electrons. The van der Waals surface area contributed by atoms with Crippen molar-refractivity contribution in [1.29, 1.82) is 0 Å². The summed E-state index contributed by atoms with van der Waals surface area (Å²) in [5.74, 6) is 2.02. The molecule has 0 amide bonds. The van der Waals surface area contributed by atoms with Crippen LogP contribution in [0, 0.1) is 16.7 Å². The molecular weight excluding hydrogens is 324 g/mol. The van der Waals surface area contributed by atoms with Crippen LogP contribution in [0.5, 0.6) is 11.5 Å². The van der Waals surface area contributed by atoms with Crippen LogP contribution in [0.3, 0.4) is 0 Å². The number of Topliss-reactive ketones (excluding diaryl/α,β-unsaturated/α-hetero) is 1. The molecule has 2 atom stereocenters. The average molecular weight is 357 g/mol. The number of carbonyl (C=O) groups is 1. The van der Waals surface area contributed by atoms with Crippen LogP contribution in [0.4, 0.5) is 0 Å². The first kappa shape index (κ1) is 19.0. The normalized spacial score (nSPS) is 27.7. The van der Waals surface area contributed by atoms with Gasteiger partial charge in [-0.25, -0.2) is 0 Å². The first-order chi connectivity index (χ1) is 12.2. The molecule has 3 heteroatoms. The average Bonchev–Trinajstić information content (AvgIpc) is 2.59. The molecule has 0 aromatic heterocycles. The van der Waals surface area contributed by atoms with E-state index in [0.29, 0.717) is 23.0 Å². The number of benzene rings is 1. The number of allylic oxidation sites excluding steroid dienone is 2. The molecule has 2 aliphatic carbocycles. The summed E-state index contributed by atoms with van der Waals surface area (Å²) >= 11 is 0. The van der Waals surface area contributed by atoms with E-state index in [-0.39, 0.29) is 16.6 Å². The molecule has 0 saturated heterocycles. The summed E-state index contributed by atoms with van der Waals surface area (Å²) in [6, 6.07) is 5.49. The molecule has 142 valence electrons. The predicted octanol–water partition coefficient (Wildman–Crippen LogP) is 5.83. The number of ketones is 1. The van der Waals surface area contributed by atoms with Crippen LogP contribution in [0.2, 0.25) is 0 Å². The quantitative estimate of drug-likeness (QED) is 0.637. The molecule has 1 aromatic carbocycles. The Hall–Kier alpha value is -1.77. The highest BCUT2D eigenvalue weighted by Crippen LogP contribution is 2.60. The van der Waals surface area contributed by atoms with Gasteiger partial charge in [-0.05, 0) is 61.5 Å². The van der Waals surface area contributed by atoms with Crippen molar-refractivity contribution in [2.45, 2.75) is 59.8 Å². The van der Waals surface area contributed by atoms with Crippen LogP contribution in [0.15, 0.2) is 29.3 Å². The Morgan fingerprint density at radius 3 is 2.23 bits per heavy atom. The van der Waals surface area contributed by atoms with E-state index in [1.165, 1.54) is 24.8 Å². The third kappa shape index (κ3) is 3.06. The van der Waals surface area contributed by atoms with E-state index in [1.807, 2.05) is 18.2 Å². The molecule has 3 rings (SSSR count). The smallest absolute Gasteiger partial charge is 0.189 e. The van der Waals surface area contributed by atoms with Crippen LogP contribution in [-0.2, 0) is 0 Å². The second-order valence-electron chi connectivity index (χ2n) is 8.94. The molecule has 26 heavy (non-hydrogen) atoms. The lowest BCUT2D eigenvalue weighted by Gasteiger charge is -2.54. The number of ether oxygens (including phenoxy) is 2. The van der Waals surface area contributed by atoms with Gasteiger partial charge in [0.25, 0.3) is 0 Å². The second-order valence-corrected chi connectivity index (χ2v) is 8.94. The van der Waals surface area contributed by atoms with Crippen molar-refractivity contribution in [2.75, 3.05) is 14.2 Å². The van der Waals surface area contributed by atoms with Crippen LogP contribution >= 0.6 is 0 Å². The van der Waals surface area contributed by atoms with E-state index in [0.717, 1.165) is 18.4 Å². The number of rotatable bonds is 4. The Labute approximate surface area is 157 Å². The molecule has 0 bridgehead atoms. The van der Waals surface area contributed by atoms with Gasteiger partial charge in [-0.1, -0.05) is 32.8 Å². The topological polar surface area (TPSA) is 35.5 Å². The van der Waals surface area contributed by atoms with Gasteiger partial charge in [-0.3, -0.25) is 4.79 Å². The van der Waals surface area contributed by atoms with Crippen molar-refractivity contribution >= 4 is 5.78 Å². The van der Waals surface area contributed by atoms with Gasteiger partial charge in [0.2, 0.25) is 0 Å². The minimum atomic E-state index is -0.0442. The maximum Gasteiger partial charge on any atom is 0.189 e. The molecule has 1 aromatic rings. The highest BCUT2D eigenvalue weighted by Gasteiger charge is 2.51. The van der Waals surface area contributed by atoms with Gasteiger partial charge in [0.1, 0.15) is 11.5 Å². The van der Waals surface area contributed by atoms with Crippen molar-refractivity contribution in [3.63, 3.8) is 0 Å². The SMILES string of the molecule is COc1cc(OC)cc(C(=O)C2=C(C)CCC3C(C)(C)CCCC23C)c1. The predicted molar refractivity (Wildman–Crippen MR) is 105 cm³/mol. The number of hydrogen-bond acceptors (Lipinski definition) is 3. The molecule has 2 aliphatic rings. The maximum absolute atomic E-state index is 13.6. The molecule has 2 unspecified atom stereocenters. The molecule has 0 aliphatic heterocycles. The summed E-state index contributed by atoms with van der Waals surface area (Å²) < 4.78 is 10.8. The summed E-state index contributed by atoms with van der Waals surface area (Å²) in [4.78, 5) is 13.6. The fourth-order valence-corrected chi connectivity index (χ4v) is 5.64. The van der Waals surface area contributed by atoms with E-state index >= 15 is 0 Å². The molecule has 3 nitrogen and oxygen atoms in total. The van der Waals surface area contributed by atoms with Crippen LogP contribution in [-0.4, -0.2) is 20.0 Å². The number of carbonyl (C=O) groups excluding carboxylic acids is 1. The molecule has 0 heterocycles. The minimum absolute atomic E-state index is 0.0442. The van der Waals surface area contributed by atoms with Crippen molar-refractivity contribution in [3.05, 3.63) is 34.9 Å². The van der Waals surface area contributed by atoms with Crippen LogP contribution < -0.4 is 9.47 Å². The molecule has 0 N–H and O–H groups in total.